The number of aromatic hydroxyl groups is 1. The van der Waals surface area contributed by atoms with Crippen LogP contribution in [0.5, 0.6) is 5.75 Å². The van der Waals surface area contributed by atoms with Crippen molar-refractivity contribution in [2.45, 2.75) is 17.6 Å². The molecule has 0 aliphatic carbocycles. The second-order valence-electron chi connectivity index (χ2n) is 3.70. The van der Waals surface area contributed by atoms with E-state index in [2.05, 4.69) is 0 Å². The molecular formula is C13H12O3S. The number of hydrogen-bond donors (Lipinski definition) is 1. The van der Waals surface area contributed by atoms with Crippen molar-refractivity contribution < 1.29 is 9.52 Å². The van der Waals surface area contributed by atoms with Gasteiger partial charge in [-0.15, -0.1) is 11.8 Å². The van der Waals surface area contributed by atoms with Gasteiger partial charge in [-0.1, -0.05) is 17.7 Å². The van der Waals surface area contributed by atoms with Gasteiger partial charge in [-0.3, -0.25) is 4.79 Å². The second kappa shape index (κ2) is 5.10. The molecule has 0 fully saturated rings. The highest BCUT2D eigenvalue weighted by Gasteiger charge is 2.02. The van der Waals surface area contributed by atoms with E-state index in [9.17, 15) is 4.79 Å². The van der Waals surface area contributed by atoms with Crippen LogP contribution in [-0.4, -0.2) is 5.11 Å². The molecule has 2 aromatic rings. The van der Waals surface area contributed by atoms with Crippen molar-refractivity contribution >= 4 is 11.8 Å². The molecule has 3 nitrogen and oxygen atoms in total. The van der Waals surface area contributed by atoms with E-state index in [1.165, 1.54) is 11.6 Å². The molecule has 0 radical (unpaired) electrons. The van der Waals surface area contributed by atoms with E-state index in [0.717, 1.165) is 11.2 Å². The van der Waals surface area contributed by atoms with Gasteiger partial charge in [0.05, 0.1) is 5.75 Å². The maximum Gasteiger partial charge on any atom is 0.226 e. The number of aryl methyl sites for hydroxylation is 1. The van der Waals surface area contributed by atoms with Gasteiger partial charge >= 0.3 is 0 Å². The van der Waals surface area contributed by atoms with Crippen molar-refractivity contribution in [1.29, 1.82) is 0 Å². The lowest BCUT2D eigenvalue weighted by molar-refractivity contribution is 0.419. The molecule has 2 rings (SSSR count). The minimum atomic E-state index is -0.407. The third-order valence-corrected chi connectivity index (χ3v) is 3.30. The first-order valence-electron chi connectivity index (χ1n) is 5.15. The lowest BCUT2D eigenvalue weighted by atomic mass is 10.2. The largest absolute Gasteiger partial charge is 0.502 e. The van der Waals surface area contributed by atoms with Crippen LogP contribution in [0.2, 0.25) is 0 Å². The fourth-order valence-corrected chi connectivity index (χ4v) is 2.10. The Balaban J connectivity index is 2.04. The van der Waals surface area contributed by atoms with Gasteiger partial charge in [-0.2, -0.15) is 0 Å². The molecule has 0 spiro atoms. The summed E-state index contributed by atoms with van der Waals surface area (Å²) < 4.78 is 5.11. The summed E-state index contributed by atoms with van der Waals surface area (Å²) >= 11 is 1.58. The van der Waals surface area contributed by atoms with Crippen molar-refractivity contribution in [1.82, 2.24) is 0 Å². The molecule has 1 heterocycles. The van der Waals surface area contributed by atoms with Crippen LogP contribution < -0.4 is 5.43 Å². The Morgan fingerprint density at radius 3 is 2.65 bits per heavy atom. The van der Waals surface area contributed by atoms with Gasteiger partial charge in [0.1, 0.15) is 12.0 Å². The summed E-state index contributed by atoms with van der Waals surface area (Å²) in [5, 5.41) is 9.05. The van der Waals surface area contributed by atoms with Crippen molar-refractivity contribution in [3.63, 3.8) is 0 Å². The van der Waals surface area contributed by atoms with E-state index in [1.54, 1.807) is 11.8 Å². The number of hydrogen-bond acceptors (Lipinski definition) is 4. The Hall–Kier alpha value is -1.68. The Morgan fingerprint density at radius 1 is 1.29 bits per heavy atom. The molecule has 88 valence electrons. The smallest absolute Gasteiger partial charge is 0.226 e. The van der Waals surface area contributed by atoms with Crippen molar-refractivity contribution in [3.8, 4) is 5.75 Å². The summed E-state index contributed by atoms with van der Waals surface area (Å²) in [4.78, 5) is 12.3. The second-order valence-corrected chi connectivity index (χ2v) is 4.75. The number of thioether (sulfide) groups is 1. The van der Waals surface area contributed by atoms with Crippen LogP contribution in [0.3, 0.4) is 0 Å². The minimum Gasteiger partial charge on any atom is -0.502 e. The number of rotatable bonds is 3. The molecule has 1 aromatic carbocycles. The molecule has 17 heavy (non-hydrogen) atoms. The quantitative estimate of drug-likeness (QED) is 0.848. The van der Waals surface area contributed by atoms with E-state index >= 15 is 0 Å². The molecule has 4 heteroatoms. The molecule has 0 aliphatic heterocycles. The first-order chi connectivity index (χ1) is 8.15. The van der Waals surface area contributed by atoms with Crippen LogP contribution in [0.4, 0.5) is 0 Å². The molecule has 0 bridgehead atoms. The third kappa shape index (κ3) is 3.14. The first-order valence-corrected chi connectivity index (χ1v) is 6.14. The van der Waals surface area contributed by atoms with E-state index in [1.807, 2.05) is 31.2 Å². The molecular weight excluding hydrogens is 236 g/mol. The Bertz CT molecular complexity index is 558. The molecule has 0 aliphatic rings. The fourth-order valence-electron chi connectivity index (χ4n) is 1.31. The van der Waals surface area contributed by atoms with E-state index in [4.69, 9.17) is 9.52 Å². The van der Waals surface area contributed by atoms with Crippen molar-refractivity contribution in [3.05, 3.63) is 58.1 Å². The molecule has 1 aromatic heterocycles. The Morgan fingerprint density at radius 2 is 2.00 bits per heavy atom. The fraction of sp³-hybridized carbons (Fsp3) is 0.154. The third-order valence-electron chi connectivity index (χ3n) is 2.27. The van der Waals surface area contributed by atoms with Crippen LogP contribution in [0.15, 0.2) is 50.7 Å². The van der Waals surface area contributed by atoms with Gasteiger partial charge in [-0.05, 0) is 19.1 Å². The summed E-state index contributed by atoms with van der Waals surface area (Å²) in [6, 6.07) is 9.44. The highest BCUT2D eigenvalue weighted by atomic mass is 32.2. The zero-order chi connectivity index (χ0) is 12.3. The van der Waals surface area contributed by atoms with Gasteiger partial charge < -0.3 is 9.52 Å². The Kier molecular flexibility index (Phi) is 3.54. The molecule has 0 saturated heterocycles. The van der Waals surface area contributed by atoms with E-state index < -0.39 is 5.43 Å². The first kappa shape index (κ1) is 11.8. The Labute approximate surface area is 103 Å². The van der Waals surface area contributed by atoms with Gasteiger partial charge in [0, 0.05) is 11.0 Å². The van der Waals surface area contributed by atoms with E-state index in [-0.39, 0.29) is 5.75 Å². The van der Waals surface area contributed by atoms with Gasteiger partial charge in [0.25, 0.3) is 0 Å². The summed E-state index contributed by atoms with van der Waals surface area (Å²) in [5.41, 5.74) is 0.807. The standard InChI is InChI=1S/C13H12O3S/c1-9-2-4-11(5-3-9)17-8-10-6-12(14)13(15)7-16-10/h2-7,15H,8H2,1H3. The maximum absolute atomic E-state index is 11.2. The lowest BCUT2D eigenvalue weighted by Crippen LogP contribution is -1.98. The normalized spacial score (nSPS) is 10.4. The summed E-state index contributed by atoms with van der Waals surface area (Å²) in [6.45, 7) is 2.04. The molecule has 1 N–H and O–H groups in total. The molecule has 0 unspecified atom stereocenters. The highest BCUT2D eigenvalue weighted by Crippen LogP contribution is 2.22. The SMILES string of the molecule is Cc1ccc(SCc2cc(=O)c(O)co2)cc1. The molecule has 0 amide bonds. The monoisotopic (exact) mass is 248 g/mol. The highest BCUT2D eigenvalue weighted by molar-refractivity contribution is 7.98. The van der Waals surface area contributed by atoms with Gasteiger partial charge in [0.15, 0.2) is 5.75 Å². The van der Waals surface area contributed by atoms with Crippen LogP contribution in [0, 0.1) is 6.92 Å². The summed E-state index contributed by atoms with van der Waals surface area (Å²) in [6.07, 6.45) is 1.08. The van der Waals surface area contributed by atoms with E-state index in [0.29, 0.717) is 11.5 Å². The van der Waals surface area contributed by atoms with Crippen molar-refractivity contribution in [2.24, 2.45) is 0 Å². The molecule has 0 saturated carbocycles. The zero-order valence-corrected chi connectivity index (χ0v) is 10.2. The minimum absolute atomic E-state index is 0.353. The predicted molar refractivity (Wildman–Crippen MR) is 67.4 cm³/mol. The number of benzene rings is 1. The van der Waals surface area contributed by atoms with Gasteiger partial charge in [-0.25, -0.2) is 0 Å². The average Bonchev–Trinajstić information content (AvgIpc) is 2.33. The molecule has 0 atom stereocenters. The van der Waals surface area contributed by atoms with Crippen LogP contribution in [-0.2, 0) is 5.75 Å². The predicted octanol–water partition coefficient (Wildman–Crippen LogP) is 2.95. The maximum atomic E-state index is 11.2. The van der Waals surface area contributed by atoms with Crippen LogP contribution in [0.25, 0.3) is 0 Å². The van der Waals surface area contributed by atoms with Crippen LogP contribution >= 0.6 is 11.8 Å². The summed E-state index contributed by atoms with van der Waals surface area (Å²) in [7, 11) is 0. The average molecular weight is 248 g/mol. The topological polar surface area (TPSA) is 50.4 Å². The zero-order valence-electron chi connectivity index (χ0n) is 9.34. The lowest BCUT2D eigenvalue weighted by Gasteiger charge is -2.01. The van der Waals surface area contributed by atoms with Crippen molar-refractivity contribution in [2.75, 3.05) is 0 Å². The summed E-state index contributed by atoms with van der Waals surface area (Å²) in [5.74, 6) is 0.769. The van der Waals surface area contributed by atoms with Gasteiger partial charge in [0.2, 0.25) is 5.43 Å². The van der Waals surface area contributed by atoms with Crippen LogP contribution in [0.1, 0.15) is 11.3 Å².